The molecular formula is C16H23N5O3S. The van der Waals surface area contributed by atoms with E-state index in [0.717, 1.165) is 18.5 Å². The Balaban J connectivity index is 1.75. The van der Waals surface area contributed by atoms with Gasteiger partial charge in [-0.1, -0.05) is 25.1 Å². The van der Waals surface area contributed by atoms with Crippen LogP contribution in [0.2, 0.25) is 0 Å². The van der Waals surface area contributed by atoms with Crippen molar-refractivity contribution in [1.29, 1.82) is 0 Å². The second-order valence-electron chi connectivity index (χ2n) is 6.36. The molecule has 2 atom stereocenters. The van der Waals surface area contributed by atoms with Crippen molar-refractivity contribution in [3.05, 3.63) is 22.1 Å². The van der Waals surface area contributed by atoms with Crippen molar-refractivity contribution in [2.75, 3.05) is 18.8 Å². The van der Waals surface area contributed by atoms with E-state index in [4.69, 9.17) is 4.74 Å². The van der Waals surface area contributed by atoms with E-state index in [1.165, 1.54) is 11.8 Å². The fourth-order valence-corrected chi connectivity index (χ4v) is 3.97. The molecule has 0 aromatic carbocycles. The maximum atomic E-state index is 12.5. The summed E-state index contributed by atoms with van der Waals surface area (Å²) in [6.07, 6.45) is 1.75. The zero-order valence-electron chi connectivity index (χ0n) is 14.7. The third-order valence-electron chi connectivity index (χ3n) is 4.06. The largest absolute Gasteiger partial charge is 0.372 e. The van der Waals surface area contributed by atoms with E-state index in [-0.39, 0.29) is 29.4 Å². The third-order valence-corrected chi connectivity index (χ3v) is 4.97. The Labute approximate surface area is 150 Å². The maximum absolute atomic E-state index is 12.5. The molecule has 136 valence electrons. The van der Waals surface area contributed by atoms with Crippen molar-refractivity contribution < 1.29 is 9.53 Å². The van der Waals surface area contributed by atoms with E-state index in [2.05, 4.69) is 22.1 Å². The van der Waals surface area contributed by atoms with Crippen LogP contribution in [-0.4, -0.2) is 61.4 Å². The summed E-state index contributed by atoms with van der Waals surface area (Å²) in [4.78, 5) is 28.7. The number of rotatable bonds is 5. The van der Waals surface area contributed by atoms with E-state index >= 15 is 0 Å². The lowest BCUT2D eigenvalue weighted by Crippen LogP contribution is -2.48. The quantitative estimate of drug-likeness (QED) is 0.798. The highest BCUT2D eigenvalue weighted by molar-refractivity contribution is 7.99. The summed E-state index contributed by atoms with van der Waals surface area (Å²) in [5.41, 5.74) is 0.669. The van der Waals surface area contributed by atoms with Gasteiger partial charge in [0.15, 0.2) is 5.16 Å². The van der Waals surface area contributed by atoms with Gasteiger partial charge < -0.3 is 9.64 Å². The predicted octanol–water partition coefficient (Wildman–Crippen LogP) is 1.10. The molecule has 0 spiro atoms. The average Bonchev–Trinajstić information content (AvgIpc) is 2.94. The maximum Gasteiger partial charge on any atom is 0.252 e. The first-order chi connectivity index (χ1) is 12.0. The summed E-state index contributed by atoms with van der Waals surface area (Å²) < 4.78 is 7.49. The van der Waals surface area contributed by atoms with Gasteiger partial charge >= 0.3 is 0 Å². The zero-order chi connectivity index (χ0) is 18.0. The molecule has 0 radical (unpaired) electrons. The smallest absolute Gasteiger partial charge is 0.252 e. The molecule has 3 heterocycles. The van der Waals surface area contributed by atoms with E-state index in [0.29, 0.717) is 24.0 Å². The molecule has 1 amide bonds. The van der Waals surface area contributed by atoms with Gasteiger partial charge in [0.05, 0.1) is 18.0 Å². The number of hydrogen-bond donors (Lipinski definition) is 1. The molecule has 2 aromatic heterocycles. The van der Waals surface area contributed by atoms with E-state index in [9.17, 15) is 9.59 Å². The highest BCUT2D eigenvalue weighted by atomic mass is 32.2. The van der Waals surface area contributed by atoms with Crippen LogP contribution in [-0.2, 0) is 16.0 Å². The Morgan fingerprint density at radius 1 is 1.36 bits per heavy atom. The number of H-pyrrole nitrogens is 1. The third kappa shape index (κ3) is 4.04. The number of thioether (sulfide) groups is 1. The van der Waals surface area contributed by atoms with Crippen molar-refractivity contribution in [3.63, 3.8) is 0 Å². The zero-order valence-corrected chi connectivity index (χ0v) is 15.5. The van der Waals surface area contributed by atoms with Crippen molar-refractivity contribution in [2.24, 2.45) is 0 Å². The highest BCUT2D eigenvalue weighted by Crippen LogP contribution is 2.20. The summed E-state index contributed by atoms with van der Waals surface area (Å²) in [6.45, 7) is 7.22. The molecule has 1 saturated heterocycles. The monoisotopic (exact) mass is 365 g/mol. The number of aromatic amines is 1. The van der Waals surface area contributed by atoms with Crippen molar-refractivity contribution in [3.8, 4) is 0 Å². The molecule has 0 aliphatic carbocycles. The Morgan fingerprint density at radius 2 is 2.08 bits per heavy atom. The Hall–Kier alpha value is -1.87. The van der Waals surface area contributed by atoms with Crippen LogP contribution in [0.25, 0.3) is 5.78 Å². The van der Waals surface area contributed by atoms with Crippen LogP contribution in [0, 0.1) is 0 Å². The van der Waals surface area contributed by atoms with Crippen molar-refractivity contribution >= 4 is 23.4 Å². The summed E-state index contributed by atoms with van der Waals surface area (Å²) in [7, 11) is 0. The molecule has 8 nitrogen and oxygen atoms in total. The van der Waals surface area contributed by atoms with Gasteiger partial charge in [0.25, 0.3) is 5.56 Å². The molecule has 1 N–H and O–H groups in total. The van der Waals surface area contributed by atoms with Crippen LogP contribution in [0.4, 0.5) is 0 Å². The Bertz CT molecular complexity index is 808. The van der Waals surface area contributed by atoms with Gasteiger partial charge in [-0.3, -0.25) is 19.0 Å². The minimum absolute atomic E-state index is 0.0489. The minimum Gasteiger partial charge on any atom is -0.372 e. The normalized spacial score (nSPS) is 21.0. The minimum atomic E-state index is -0.188. The van der Waals surface area contributed by atoms with Gasteiger partial charge in [-0.15, -0.1) is 10.2 Å². The summed E-state index contributed by atoms with van der Waals surface area (Å²) in [5, 5.41) is 8.79. The number of carbonyl (C=O) groups is 1. The van der Waals surface area contributed by atoms with Gasteiger partial charge in [0.1, 0.15) is 0 Å². The molecule has 2 aromatic rings. The molecule has 1 aliphatic heterocycles. The van der Waals surface area contributed by atoms with E-state index < -0.39 is 0 Å². The highest BCUT2D eigenvalue weighted by Gasteiger charge is 2.26. The molecule has 9 heteroatoms. The molecule has 3 rings (SSSR count). The number of aryl methyl sites for hydroxylation is 1. The number of nitrogens with zero attached hydrogens (tertiary/aromatic N) is 4. The topological polar surface area (TPSA) is 92.6 Å². The number of amides is 1. The van der Waals surface area contributed by atoms with Gasteiger partial charge in [0, 0.05) is 24.8 Å². The summed E-state index contributed by atoms with van der Waals surface area (Å²) in [6, 6.07) is 1.57. The number of aromatic nitrogens is 4. The standard InChI is InChI=1S/C16H23N5O3S/c1-4-5-12-6-13(22)17-15-18-19-16(21(12)15)25-9-14(23)20-7-10(2)24-11(3)8-20/h6,10-11H,4-5,7-9H2,1-3H3,(H,17,18,22). The first-order valence-electron chi connectivity index (χ1n) is 8.51. The van der Waals surface area contributed by atoms with E-state index in [1.807, 2.05) is 23.1 Å². The molecule has 25 heavy (non-hydrogen) atoms. The predicted molar refractivity (Wildman–Crippen MR) is 94.9 cm³/mol. The first kappa shape index (κ1) is 17.9. The fraction of sp³-hybridized carbons (Fsp3) is 0.625. The Morgan fingerprint density at radius 3 is 2.76 bits per heavy atom. The van der Waals surface area contributed by atoms with Crippen molar-refractivity contribution in [1.82, 2.24) is 24.5 Å². The first-order valence-corrected chi connectivity index (χ1v) is 9.49. The fourth-order valence-electron chi connectivity index (χ4n) is 3.10. The van der Waals surface area contributed by atoms with Crippen LogP contribution in [0.3, 0.4) is 0 Å². The van der Waals surface area contributed by atoms with Crippen molar-refractivity contribution in [2.45, 2.75) is 51.0 Å². The Kier molecular flexibility index (Phi) is 5.43. The lowest BCUT2D eigenvalue weighted by atomic mass is 10.2. The van der Waals surface area contributed by atoms with Crippen LogP contribution < -0.4 is 5.56 Å². The molecule has 0 saturated carbocycles. The number of nitrogens with one attached hydrogen (secondary N) is 1. The molecule has 1 aliphatic rings. The molecule has 1 fully saturated rings. The molecule has 0 bridgehead atoms. The average molecular weight is 365 g/mol. The summed E-state index contributed by atoms with van der Waals surface area (Å²) >= 11 is 1.34. The lowest BCUT2D eigenvalue weighted by molar-refractivity contribution is -0.140. The number of morpholine rings is 1. The molecular weight excluding hydrogens is 342 g/mol. The number of fused-ring (bicyclic) bond motifs is 1. The van der Waals surface area contributed by atoms with Crippen LogP contribution >= 0.6 is 11.8 Å². The van der Waals surface area contributed by atoms with Crippen LogP contribution in [0.5, 0.6) is 0 Å². The van der Waals surface area contributed by atoms with Gasteiger partial charge in [-0.2, -0.15) is 0 Å². The van der Waals surface area contributed by atoms with Gasteiger partial charge in [-0.25, -0.2) is 0 Å². The number of carbonyl (C=O) groups excluding carboxylic acids is 1. The summed E-state index contributed by atoms with van der Waals surface area (Å²) in [5.74, 6) is 0.759. The van der Waals surface area contributed by atoms with Crippen LogP contribution in [0.1, 0.15) is 32.9 Å². The van der Waals surface area contributed by atoms with E-state index in [1.54, 1.807) is 6.07 Å². The second kappa shape index (κ2) is 7.57. The number of ether oxygens (including phenoxy) is 1. The van der Waals surface area contributed by atoms with Gasteiger partial charge in [0.2, 0.25) is 11.7 Å². The SMILES string of the molecule is CCCc1cc(=O)[nH]c2nnc(SCC(=O)N3CC(C)OC(C)C3)n12. The molecule has 2 unspecified atom stereocenters. The lowest BCUT2D eigenvalue weighted by Gasteiger charge is -2.35. The van der Waals surface area contributed by atoms with Crippen LogP contribution in [0.15, 0.2) is 16.0 Å². The number of hydrogen-bond acceptors (Lipinski definition) is 6. The second-order valence-corrected chi connectivity index (χ2v) is 7.30. The van der Waals surface area contributed by atoms with Gasteiger partial charge in [-0.05, 0) is 20.3 Å².